The van der Waals surface area contributed by atoms with Crippen LogP contribution in [0.25, 0.3) is 11.4 Å². The Hall–Kier alpha value is -3.19. The van der Waals surface area contributed by atoms with Gasteiger partial charge < -0.3 is 4.42 Å². The predicted molar refractivity (Wildman–Crippen MR) is 101 cm³/mol. The van der Waals surface area contributed by atoms with Crippen molar-refractivity contribution < 1.29 is 4.42 Å². The number of thioether (sulfide) groups is 1. The first-order chi connectivity index (χ1) is 12.9. The van der Waals surface area contributed by atoms with E-state index >= 15 is 0 Å². The molecule has 0 saturated carbocycles. The summed E-state index contributed by atoms with van der Waals surface area (Å²) in [6, 6.07) is 17.7. The van der Waals surface area contributed by atoms with Gasteiger partial charge in [0.15, 0.2) is 5.82 Å². The first-order valence-corrected chi connectivity index (χ1v) is 8.99. The highest BCUT2D eigenvalue weighted by molar-refractivity contribution is 7.98. The summed E-state index contributed by atoms with van der Waals surface area (Å²) in [6.07, 6.45) is 6.73. The molecule has 1 aromatic carbocycles. The van der Waals surface area contributed by atoms with Gasteiger partial charge in [-0.3, -0.25) is 4.98 Å². The lowest BCUT2D eigenvalue weighted by Crippen LogP contribution is -1.97. The number of hydrogen-bond acceptors (Lipinski definition) is 6. The van der Waals surface area contributed by atoms with Crippen LogP contribution in [-0.4, -0.2) is 26.1 Å². The minimum Gasteiger partial charge on any atom is -0.463 e. The summed E-state index contributed by atoms with van der Waals surface area (Å²) in [6.45, 7) is 0. The lowest BCUT2D eigenvalue weighted by atomic mass is 10.2. The first kappa shape index (κ1) is 16.3. The fourth-order valence-corrected chi connectivity index (χ4v) is 3.18. The van der Waals surface area contributed by atoms with Crippen LogP contribution in [0.4, 0.5) is 0 Å². The van der Waals surface area contributed by atoms with Crippen molar-refractivity contribution in [3.05, 3.63) is 84.6 Å². The van der Waals surface area contributed by atoms with Crippen LogP contribution in [0.3, 0.4) is 0 Å². The normalized spacial score (nSPS) is 11.2. The van der Waals surface area contributed by atoms with Gasteiger partial charge >= 0.3 is 0 Å². The van der Waals surface area contributed by atoms with Crippen LogP contribution < -0.4 is 0 Å². The standard InChI is InChI=1S/C19H15N5OS/c1-2-6-15(7-3-1)14-26-19-23-22-18(16-8-4-10-20-12-16)24(19)21-13-17-9-5-11-25-17/h1-13H,14H2/b21-13-. The van der Waals surface area contributed by atoms with E-state index in [1.807, 2.05) is 42.5 Å². The van der Waals surface area contributed by atoms with E-state index in [-0.39, 0.29) is 0 Å². The maximum absolute atomic E-state index is 5.32. The van der Waals surface area contributed by atoms with E-state index in [2.05, 4.69) is 32.4 Å². The Bertz CT molecular complexity index is 981. The Kier molecular flexibility index (Phi) is 4.88. The van der Waals surface area contributed by atoms with Gasteiger partial charge in [-0.2, -0.15) is 9.78 Å². The van der Waals surface area contributed by atoms with Crippen LogP contribution in [-0.2, 0) is 5.75 Å². The molecule has 26 heavy (non-hydrogen) atoms. The molecular weight excluding hydrogens is 346 g/mol. The van der Waals surface area contributed by atoms with Crippen molar-refractivity contribution in [3.63, 3.8) is 0 Å². The van der Waals surface area contributed by atoms with E-state index < -0.39 is 0 Å². The fraction of sp³-hybridized carbons (Fsp3) is 0.0526. The topological polar surface area (TPSA) is 69.1 Å². The summed E-state index contributed by atoms with van der Waals surface area (Å²) in [4.78, 5) is 4.16. The smallest absolute Gasteiger partial charge is 0.212 e. The van der Waals surface area contributed by atoms with Crippen LogP contribution in [0, 0.1) is 0 Å². The van der Waals surface area contributed by atoms with Crippen molar-refractivity contribution in [1.82, 2.24) is 19.9 Å². The fourth-order valence-electron chi connectivity index (χ4n) is 2.34. The number of benzene rings is 1. The zero-order valence-electron chi connectivity index (χ0n) is 13.8. The van der Waals surface area contributed by atoms with Crippen molar-refractivity contribution in [2.45, 2.75) is 10.9 Å². The highest BCUT2D eigenvalue weighted by atomic mass is 32.2. The second-order valence-electron chi connectivity index (χ2n) is 5.39. The minimum atomic E-state index is 0.636. The van der Waals surface area contributed by atoms with E-state index in [4.69, 9.17) is 4.42 Å². The van der Waals surface area contributed by atoms with Gasteiger partial charge in [-0.15, -0.1) is 10.2 Å². The molecule has 128 valence electrons. The maximum atomic E-state index is 5.32. The average Bonchev–Trinajstić information content (AvgIpc) is 3.36. The van der Waals surface area contributed by atoms with E-state index in [9.17, 15) is 0 Å². The van der Waals surface area contributed by atoms with Gasteiger partial charge in [0.2, 0.25) is 5.16 Å². The van der Waals surface area contributed by atoms with Crippen LogP contribution in [0.15, 0.2) is 87.9 Å². The molecule has 0 saturated heterocycles. The zero-order chi connectivity index (χ0) is 17.6. The Labute approximate surface area is 154 Å². The molecule has 0 amide bonds. The molecule has 0 unspecified atom stereocenters. The van der Waals surface area contributed by atoms with E-state index in [1.165, 1.54) is 5.56 Å². The van der Waals surface area contributed by atoms with E-state index in [0.717, 1.165) is 11.3 Å². The Morgan fingerprint density at radius 2 is 1.96 bits per heavy atom. The molecule has 3 aromatic heterocycles. The first-order valence-electron chi connectivity index (χ1n) is 8.00. The number of nitrogens with zero attached hydrogens (tertiary/aromatic N) is 5. The maximum Gasteiger partial charge on any atom is 0.212 e. The van der Waals surface area contributed by atoms with Gasteiger partial charge in [-0.05, 0) is 29.8 Å². The molecule has 0 spiro atoms. The predicted octanol–water partition coefficient (Wildman–Crippen LogP) is 4.11. The van der Waals surface area contributed by atoms with Crippen LogP contribution in [0.2, 0.25) is 0 Å². The molecule has 0 aliphatic heterocycles. The Morgan fingerprint density at radius 1 is 1.04 bits per heavy atom. The second kappa shape index (κ2) is 7.79. The molecule has 0 radical (unpaired) electrons. The summed E-state index contributed by atoms with van der Waals surface area (Å²) in [5.41, 5.74) is 2.06. The van der Waals surface area contributed by atoms with Gasteiger partial charge in [-0.1, -0.05) is 42.1 Å². The third kappa shape index (κ3) is 3.73. The molecule has 3 heterocycles. The molecule has 0 N–H and O–H groups in total. The summed E-state index contributed by atoms with van der Waals surface area (Å²) < 4.78 is 7.04. The molecule has 0 atom stereocenters. The van der Waals surface area contributed by atoms with Gasteiger partial charge in [0.1, 0.15) is 5.76 Å². The minimum absolute atomic E-state index is 0.636. The quantitative estimate of drug-likeness (QED) is 0.382. The third-order valence-electron chi connectivity index (χ3n) is 3.59. The van der Waals surface area contributed by atoms with Crippen molar-refractivity contribution in [2.75, 3.05) is 0 Å². The van der Waals surface area contributed by atoms with Gasteiger partial charge in [0, 0.05) is 23.7 Å². The zero-order valence-corrected chi connectivity index (χ0v) is 14.6. The molecule has 4 rings (SSSR count). The van der Waals surface area contributed by atoms with Crippen LogP contribution in [0.5, 0.6) is 0 Å². The molecule has 4 aromatic rings. The molecule has 6 nitrogen and oxygen atoms in total. The van der Waals surface area contributed by atoms with Crippen LogP contribution in [0.1, 0.15) is 11.3 Å². The second-order valence-corrected chi connectivity index (χ2v) is 6.34. The lowest BCUT2D eigenvalue weighted by molar-refractivity contribution is 0.559. The summed E-state index contributed by atoms with van der Waals surface area (Å²) in [5.74, 6) is 2.08. The molecule has 7 heteroatoms. The largest absolute Gasteiger partial charge is 0.463 e. The summed E-state index contributed by atoms with van der Waals surface area (Å²) in [5, 5.41) is 13.8. The number of aromatic nitrogens is 4. The SMILES string of the molecule is C(=N/n1c(SCc2ccccc2)nnc1-c1cccnc1)/c1ccco1. The van der Waals surface area contributed by atoms with Gasteiger partial charge in [-0.25, -0.2) is 0 Å². The van der Waals surface area contributed by atoms with Gasteiger partial charge in [0.25, 0.3) is 0 Å². The van der Waals surface area contributed by atoms with Crippen molar-refractivity contribution in [1.29, 1.82) is 0 Å². The Morgan fingerprint density at radius 3 is 2.73 bits per heavy atom. The van der Waals surface area contributed by atoms with Gasteiger partial charge in [0.05, 0.1) is 12.5 Å². The Balaban J connectivity index is 1.65. The molecule has 0 fully saturated rings. The number of furan rings is 1. The van der Waals surface area contributed by atoms with Crippen molar-refractivity contribution in [3.8, 4) is 11.4 Å². The molecular formula is C19H15N5OS. The van der Waals surface area contributed by atoms with Crippen LogP contribution >= 0.6 is 11.8 Å². The summed E-state index contributed by atoms with van der Waals surface area (Å²) >= 11 is 1.58. The van der Waals surface area contributed by atoms with Crippen molar-refractivity contribution in [2.24, 2.45) is 5.10 Å². The number of rotatable bonds is 6. The molecule has 0 aliphatic carbocycles. The monoisotopic (exact) mass is 361 g/mol. The van der Waals surface area contributed by atoms with Crippen molar-refractivity contribution >= 4 is 18.0 Å². The number of hydrogen-bond donors (Lipinski definition) is 0. The summed E-state index contributed by atoms with van der Waals surface area (Å²) in [7, 11) is 0. The molecule has 0 bridgehead atoms. The highest BCUT2D eigenvalue weighted by Crippen LogP contribution is 2.26. The molecule has 0 aliphatic rings. The third-order valence-corrected chi connectivity index (χ3v) is 4.58. The highest BCUT2D eigenvalue weighted by Gasteiger charge is 2.14. The number of pyridine rings is 1. The van der Waals surface area contributed by atoms with E-state index in [0.29, 0.717) is 16.7 Å². The van der Waals surface area contributed by atoms with E-state index in [1.54, 1.807) is 41.3 Å². The lowest BCUT2D eigenvalue weighted by Gasteiger charge is -2.04. The average molecular weight is 361 g/mol.